The molecule has 0 atom stereocenters. The van der Waals surface area contributed by atoms with Gasteiger partial charge >= 0.3 is 0 Å². The number of fused-ring (bicyclic) bond motifs is 6. The van der Waals surface area contributed by atoms with Gasteiger partial charge in [0.05, 0.1) is 0 Å². The average molecular weight is 576 g/mol. The van der Waals surface area contributed by atoms with Crippen LogP contribution in [0.1, 0.15) is 0 Å². The number of hydrogen-bond donors (Lipinski definition) is 0. The van der Waals surface area contributed by atoms with Crippen molar-refractivity contribution in [2.24, 2.45) is 0 Å². The van der Waals surface area contributed by atoms with E-state index in [1.165, 1.54) is 16.3 Å². The van der Waals surface area contributed by atoms with Gasteiger partial charge < -0.3 is 4.42 Å². The Morgan fingerprint density at radius 3 is 1.76 bits per heavy atom. The van der Waals surface area contributed by atoms with E-state index in [1.807, 2.05) is 72.8 Å². The highest BCUT2D eigenvalue weighted by molar-refractivity contribution is 6.21. The fourth-order valence-electron chi connectivity index (χ4n) is 6.41. The number of furan rings is 1. The van der Waals surface area contributed by atoms with Gasteiger partial charge in [-0.1, -0.05) is 133 Å². The molecule has 9 rings (SSSR count). The summed E-state index contributed by atoms with van der Waals surface area (Å²) in [5.41, 5.74) is 7.04. The molecule has 0 bridgehead atoms. The lowest BCUT2D eigenvalue weighted by molar-refractivity contribution is 0.669. The van der Waals surface area contributed by atoms with Gasteiger partial charge in [-0.3, -0.25) is 0 Å². The second-order valence-electron chi connectivity index (χ2n) is 11.2. The van der Waals surface area contributed by atoms with E-state index < -0.39 is 0 Å². The molecule has 210 valence electrons. The predicted octanol–water partition coefficient (Wildman–Crippen LogP) is 10.7. The third kappa shape index (κ3) is 4.27. The molecule has 0 unspecified atom stereocenters. The summed E-state index contributed by atoms with van der Waals surface area (Å²) in [7, 11) is 0. The highest BCUT2D eigenvalue weighted by atomic mass is 16.3. The lowest BCUT2D eigenvalue weighted by atomic mass is 9.93. The molecular weight excluding hydrogens is 550 g/mol. The predicted molar refractivity (Wildman–Crippen MR) is 184 cm³/mol. The van der Waals surface area contributed by atoms with E-state index in [0.29, 0.717) is 17.5 Å². The van der Waals surface area contributed by atoms with Crippen LogP contribution in [0.2, 0.25) is 0 Å². The number of para-hydroxylation sites is 1. The molecule has 0 fully saturated rings. The fraction of sp³-hybridized carbons (Fsp3) is 0. The maximum Gasteiger partial charge on any atom is 0.164 e. The molecule has 7 aromatic carbocycles. The topological polar surface area (TPSA) is 51.8 Å². The van der Waals surface area contributed by atoms with E-state index in [9.17, 15) is 0 Å². The number of aromatic nitrogens is 3. The first-order chi connectivity index (χ1) is 22.3. The molecule has 2 aromatic heterocycles. The van der Waals surface area contributed by atoms with Gasteiger partial charge in [0.1, 0.15) is 11.2 Å². The first-order valence-corrected chi connectivity index (χ1v) is 15.0. The molecule has 4 heteroatoms. The molecule has 0 aliphatic carbocycles. The molecule has 2 heterocycles. The van der Waals surface area contributed by atoms with Crippen LogP contribution in [0.5, 0.6) is 0 Å². The van der Waals surface area contributed by atoms with Gasteiger partial charge in [0.25, 0.3) is 0 Å². The summed E-state index contributed by atoms with van der Waals surface area (Å²) in [6, 6.07) is 52.2. The van der Waals surface area contributed by atoms with Crippen LogP contribution >= 0.6 is 0 Å². The Kier molecular flexibility index (Phi) is 5.78. The van der Waals surface area contributed by atoms with Gasteiger partial charge in [-0.25, -0.2) is 15.0 Å². The summed E-state index contributed by atoms with van der Waals surface area (Å²) in [5, 5.41) is 6.90. The van der Waals surface area contributed by atoms with E-state index in [0.717, 1.165) is 55.0 Å². The Morgan fingerprint density at radius 2 is 0.978 bits per heavy atom. The van der Waals surface area contributed by atoms with E-state index in [2.05, 4.69) is 78.9 Å². The van der Waals surface area contributed by atoms with Crippen LogP contribution in [0.15, 0.2) is 156 Å². The van der Waals surface area contributed by atoms with Crippen molar-refractivity contribution in [3.63, 3.8) is 0 Å². The minimum absolute atomic E-state index is 0.653. The number of hydrogen-bond acceptors (Lipinski definition) is 4. The van der Waals surface area contributed by atoms with Crippen molar-refractivity contribution < 1.29 is 4.42 Å². The lowest BCUT2D eigenvalue weighted by Gasteiger charge is -2.12. The van der Waals surface area contributed by atoms with Crippen molar-refractivity contribution in [2.75, 3.05) is 0 Å². The molecular formula is C41H25N3O. The largest absolute Gasteiger partial charge is 0.456 e. The molecule has 0 spiro atoms. The van der Waals surface area contributed by atoms with Gasteiger partial charge in [0.15, 0.2) is 17.5 Å². The maximum atomic E-state index is 6.18. The lowest BCUT2D eigenvalue weighted by Crippen LogP contribution is -2.00. The van der Waals surface area contributed by atoms with Crippen LogP contribution in [-0.2, 0) is 0 Å². The van der Waals surface area contributed by atoms with Gasteiger partial charge in [0.2, 0.25) is 0 Å². The molecule has 0 N–H and O–H groups in total. The Balaban J connectivity index is 1.21. The third-order valence-electron chi connectivity index (χ3n) is 8.53. The van der Waals surface area contributed by atoms with E-state index in [-0.39, 0.29) is 0 Å². The van der Waals surface area contributed by atoms with Gasteiger partial charge in [-0.05, 0) is 50.9 Å². The molecule has 0 amide bonds. The second kappa shape index (κ2) is 10.2. The smallest absolute Gasteiger partial charge is 0.164 e. The average Bonchev–Trinajstić information content (AvgIpc) is 3.51. The zero-order valence-corrected chi connectivity index (χ0v) is 24.2. The zero-order valence-electron chi connectivity index (χ0n) is 24.2. The number of rotatable bonds is 4. The number of benzene rings is 7. The quantitative estimate of drug-likeness (QED) is 0.209. The van der Waals surface area contributed by atoms with Crippen molar-refractivity contribution in [3.8, 4) is 45.3 Å². The zero-order chi connectivity index (χ0) is 29.7. The monoisotopic (exact) mass is 575 g/mol. The van der Waals surface area contributed by atoms with Crippen LogP contribution in [0.25, 0.3) is 88.8 Å². The van der Waals surface area contributed by atoms with Gasteiger partial charge in [-0.2, -0.15) is 0 Å². The summed E-state index contributed by atoms with van der Waals surface area (Å²) in [6.07, 6.45) is 0. The Labute approximate surface area is 259 Å². The molecule has 0 saturated heterocycles. The minimum Gasteiger partial charge on any atom is -0.456 e. The standard InChI is InChI=1S/C41H25N3O/c1-3-11-26(12-4-1)39-42-40(27-13-5-2-6-14-27)44-41(43-39)34-19-9-15-28-25-29(21-22-31(28)34)30-17-10-18-33-32(30)23-24-37-38(33)35-16-7-8-20-36(35)45-37/h1-25H. The summed E-state index contributed by atoms with van der Waals surface area (Å²) in [5.74, 6) is 1.96. The second-order valence-corrected chi connectivity index (χ2v) is 11.2. The Morgan fingerprint density at radius 1 is 0.356 bits per heavy atom. The van der Waals surface area contributed by atoms with Crippen molar-refractivity contribution in [2.45, 2.75) is 0 Å². The van der Waals surface area contributed by atoms with E-state index in [1.54, 1.807) is 0 Å². The fourth-order valence-corrected chi connectivity index (χ4v) is 6.41. The van der Waals surface area contributed by atoms with Crippen LogP contribution in [0.4, 0.5) is 0 Å². The van der Waals surface area contributed by atoms with Crippen molar-refractivity contribution >= 4 is 43.5 Å². The SMILES string of the molecule is c1ccc(-c2nc(-c3ccccc3)nc(-c3cccc4cc(-c5cccc6c5ccc5oc7ccccc7c56)ccc34)n2)cc1. The van der Waals surface area contributed by atoms with Crippen molar-refractivity contribution in [1.29, 1.82) is 0 Å². The molecule has 0 aliphatic heterocycles. The summed E-state index contributed by atoms with van der Waals surface area (Å²) in [6.45, 7) is 0. The summed E-state index contributed by atoms with van der Waals surface area (Å²) in [4.78, 5) is 14.8. The first kappa shape index (κ1) is 25.4. The first-order valence-electron chi connectivity index (χ1n) is 15.0. The van der Waals surface area contributed by atoms with Crippen LogP contribution in [0.3, 0.4) is 0 Å². The maximum absolute atomic E-state index is 6.18. The van der Waals surface area contributed by atoms with Crippen molar-refractivity contribution in [3.05, 3.63) is 152 Å². The molecule has 0 radical (unpaired) electrons. The van der Waals surface area contributed by atoms with E-state index in [4.69, 9.17) is 19.4 Å². The highest BCUT2D eigenvalue weighted by Crippen LogP contribution is 2.39. The Hall–Kier alpha value is -6.13. The number of nitrogens with zero attached hydrogens (tertiary/aromatic N) is 3. The molecule has 0 saturated carbocycles. The van der Waals surface area contributed by atoms with Crippen LogP contribution in [0, 0.1) is 0 Å². The van der Waals surface area contributed by atoms with Crippen molar-refractivity contribution in [1.82, 2.24) is 15.0 Å². The minimum atomic E-state index is 0.653. The van der Waals surface area contributed by atoms with Gasteiger partial charge in [-0.15, -0.1) is 0 Å². The molecule has 9 aromatic rings. The summed E-state index contributed by atoms with van der Waals surface area (Å²) >= 11 is 0. The molecule has 45 heavy (non-hydrogen) atoms. The van der Waals surface area contributed by atoms with Gasteiger partial charge in [0, 0.05) is 27.5 Å². The molecule has 4 nitrogen and oxygen atoms in total. The normalized spacial score (nSPS) is 11.6. The van der Waals surface area contributed by atoms with Crippen LogP contribution < -0.4 is 0 Å². The van der Waals surface area contributed by atoms with E-state index >= 15 is 0 Å². The molecule has 0 aliphatic rings. The summed E-state index contributed by atoms with van der Waals surface area (Å²) < 4.78 is 6.18. The highest BCUT2D eigenvalue weighted by Gasteiger charge is 2.16. The third-order valence-corrected chi connectivity index (χ3v) is 8.53. The Bertz CT molecular complexity index is 2480. The van der Waals surface area contributed by atoms with Crippen LogP contribution in [-0.4, -0.2) is 15.0 Å².